The Hall–Kier alpha value is -4.76. The van der Waals surface area contributed by atoms with Crippen molar-refractivity contribution in [1.82, 2.24) is 0 Å². The fraction of sp³-hybridized carbons (Fsp3) is 0.333. The molecule has 0 radical (unpaired) electrons. The lowest BCUT2D eigenvalue weighted by atomic mass is 9.64. The predicted octanol–water partition coefficient (Wildman–Crippen LogP) is 8.93. The van der Waals surface area contributed by atoms with Gasteiger partial charge in [-0.1, -0.05) is 30.0 Å². The van der Waals surface area contributed by atoms with Crippen LogP contribution in [0, 0.1) is 11.8 Å². The van der Waals surface area contributed by atoms with Crippen molar-refractivity contribution < 1.29 is 14.2 Å². The van der Waals surface area contributed by atoms with Gasteiger partial charge in [0.15, 0.2) is 0 Å². The van der Waals surface area contributed by atoms with Gasteiger partial charge in [-0.15, -0.1) is 0 Å². The number of rotatable bonds is 9. The molecule has 3 aliphatic heterocycles. The number of hydrogen-bond donors (Lipinski definition) is 0. The smallest absolute Gasteiger partial charge is 0.138 e. The molecule has 0 aliphatic carbocycles. The lowest BCUT2D eigenvalue weighted by Gasteiger charge is -2.46. The molecule has 45 heavy (non-hydrogen) atoms. The number of ether oxygens (including phenoxy) is 3. The zero-order valence-corrected chi connectivity index (χ0v) is 27.2. The van der Waals surface area contributed by atoms with Gasteiger partial charge in [0.1, 0.15) is 39.9 Å². The molecule has 0 saturated carbocycles. The Morgan fingerprint density at radius 1 is 0.489 bits per heavy atom. The lowest BCUT2D eigenvalue weighted by molar-refractivity contribution is 0.354. The van der Waals surface area contributed by atoms with Crippen LogP contribution in [-0.4, -0.2) is 39.3 Å². The van der Waals surface area contributed by atoms with E-state index in [1.165, 1.54) is 0 Å². The molecular weight excluding hydrogens is 558 g/mol. The van der Waals surface area contributed by atoms with E-state index in [1.807, 2.05) is 18.2 Å². The first-order valence-electron chi connectivity index (χ1n) is 16.4. The van der Waals surface area contributed by atoms with E-state index < -0.39 is 5.41 Å². The second-order valence-corrected chi connectivity index (χ2v) is 11.6. The molecule has 230 valence electrons. The minimum Gasteiger partial charge on any atom is -0.456 e. The van der Waals surface area contributed by atoms with Crippen LogP contribution in [0.4, 0.5) is 17.1 Å². The largest absolute Gasteiger partial charge is 0.456 e. The van der Waals surface area contributed by atoms with Crippen molar-refractivity contribution in [2.75, 3.05) is 54.0 Å². The van der Waals surface area contributed by atoms with Crippen molar-refractivity contribution in [2.24, 2.45) is 0 Å². The maximum atomic E-state index is 6.89. The fourth-order valence-corrected chi connectivity index (χ4v) is 7.24. The molecule has 0 N–H and O–H groups in total. The van der Waals surface area contributed by atoms with Gasteiger partial charge in [-0.05, 0) is 53.7 Å². The first kappa shape index (κ1) is 29.0. The molecule has 3 heterocycles. The molecular formula is C39H41N3O3. The van der Waals surface area contributed by atoms with Crippen molar-refractivity contribution in [3.63, 3.8) is 0 Å². The highest BCUT2D eigenvalue weighted by molar-refractivity contribution is 5.86. The van der Waals surface area contributed by atoms with E-state index in [1.54, 1.807) is 0 Å². The summed E-state index contributed by atoms with van der Waals surface area (Å²) in [4.78, 5) is 6.99. The molecule has 0 amide bonds. The number of nitrogens with zero attached hydrogens (tertiary/aromatic N) is 3. The fourth-order valence-electron chi connectivity index (χ4n) is 7.24. The summed E-state index contributed by atoms with van der Waals surface area (Å²) in [7, 11) is 0. The average Bonchev–Trinajstić information content (AvgIpc) is 3.05. The van der Waals surface area contributed by atoms with Crippen LogP contribution >= 0.6 is 0 Å². The summed E-state index contributed by atoms with van der Waals surface area (Å²) in [6.45, 7) is 18.3. The van der Waals surface area contributed by atoms with Crippen molar-refractivity contribution in [3.05, 3.63) is 89.0 Å². The third-order valence-corrected chi connectivity index (χ3v) is 9.49. The van der Waals surface area contributed by atoms with E-state index in [9.17, 15) is 0 Å². The van der Waals surface area contributed by atoms with Crippen molar-refractivity contribution in [1.29, 1.82) is 0 Å². The third-order valence-electron chi connectivity index (χ3n) is 9.49. The van der Waals surface area contributed by atoms with E-state index in [2.05, 4.69) is 117 Å². The molecule has 4 aromatic carbocycles. The zero-order chi connectivity index (χ0) is 31.3. The lowest BCUT2D eigenvalue weighted by Crippen LogP contribution is -2.38. The van der Waals surface area contributed by atoms with Gasteiger partial charge in [-0.3, -0.25) is 0 Å². The van der Waals surface area contributed by atoms with Gasteiger partial charge in [0, 0.05) is 98.3 Å². The molecule has 0 bridgehead atoms. The summed E-state index contributed by atoms with van der Waals surface area (Å²) >= 11 is 0. The summed E-state index contributed by atoms with van der Waals surface area (Å²) in [5.41, 5.74) is 6.14. The van der Waals surface area contributed by atoms with Crippen LogP contribution in [0.2, 0.25) is 0 Å². The van der Waals surface area contributed by atoms with Crippen LogP contribution in [-0.2, 0) is 5.41 Å². The van der Waals surface area contributed by atoms with E-state index in [-0.39, 0.29) is 0 Å². The SMILES string of the molecule is CCN(CC)c1cc2c3c(c1)Oc1cc(N(CC)CC)cc4c1C3(C#Cc1ccccc1)c1c(cc(N(CC)CC)cc1O4)O2. The van der Waals surface area contributed by atoms with Gasteiger partial charge in [-0.2, -0.15) is 0 Å². The van der Waals surface area contributed by atoms with E-state index in [0.717, 1.165) is 113 Å². The van der Waals surface area contributed by atoms with Crippen LogP contribution in [0.15, 0.2) is 66.7 Å². The second kappa shape index (κ2) is 11.3. The first-order chi connectivity index (χ1) is 22.0. The first-order valence-corrected chi connectivity index (χ1v) is 16.4. The van der Waals surface area contributed by atoms with E-state index in [0.29, 0.717) is 0 Å². The molecule has 0 atom stereocenters. The van der Waals surface area contributed by atoms with Crippen molar-refractivity contribution in [3.8, 4) is 46.3 Å². The van der Waals surface area contributed by atoms with Gasteiger partial charge in [0.2, 0.25) is 0 Å². The molecule has 6 nitrogen and oxygen atoms in total. The van der Waals surface area contributed by atoms with Crippen LogP contribution in [0.25, 0.3) is 0 Å². The van der Waals surface area contributed by atoms with Crippen LogP contribution in [0.1, 0.15) is 63.8 Å². The van der Waals surface area contributed by atoms with Crippen molar-refractivity contribution in [2.45, 2.75) is 47.0 Å². The highest BCUT2D eigenvalue weighted by Gasteiger charge is 2.55. The highest BCUT2D eigenvalue weighted by Crippen LogP contribution is 2.67. The zero-order valence-electron chi connectivity index (χ0n) is 27.2. The molecule has 0 fully saturated rings. The Morgan fingerprint density at radius 3 is 1.09 bits per heavy atom. The van der Waals surface area contributed by atoms with Gasteiger partial charge >= 0.3 is 0 Å². The van der Waals surface area contributed by atoms with Gasteiger partial charge in [0.25, 0.3) is 0 Å². The van der Waals surface area contributed by atoms with E-state index >= 15 is 0 Å². The standard InChI is InChI=1S/C39H41N3O3/c1-7-40(8-2)27-20-30-36-31(21-27)44-33-23-29(42(11-5)12-6)25-35-38(33)39(36,19-18-26-16-14-13-15-17-26)37-32(43-30)22-28(24-34(37)45-35)41(9-3)10-4/h13-17,20-25H,7-12H2,1-6H3. The Balaban J connectivity index is 1.61. The summed E-state index contributed by atoms with van der Waals surface area (Å²) in [6, 6.07) is 23.2. The van der Waals surface area contributed by atoms with Gasteiger partial charge in [-0.25, -0.2) is 0 Å². The number of benzene rings is 4. The Labute approximate surface area is 267 Å². The van der Waals surface area contributed by atoms with E-state index in [4.69, 9.17) is 14.2 Å². The predicted molar refractivity (Wildman–Crippen MR) is 183 cm³/mol. The number of hydrogen-bond acceptors (Lipinski definition) is 6. The normalized spacial score (nSPS) is 13.7. The summed E-state index contributed by atoms with van der Waals surface area (Å²) in [5, 5.41) is 0. The second-order valence-electron chi connectivity index (χ2n) is 11.6. The quantitative estimate of drug-likeness (QED) is 0.158. The molecule has 6 heteroatoms. The monoisotopic (exact) mass is 599 g/mol. The Bertz CT molecular complexity index is 1590. The molecule has 0 spiro atoms. The number of anilines is 3. The molecule has 0 unspecified atom stereocenters. The summed E-state index contributed by atoms with van der Waals surface area (Å²) in [5.74, 6) is 12.1. The Kier molecular flexibility index (Phi) is 7.28. The molecule has 3 aliphatic rings. The molecule has 7 rings (SSSR count). The van der Waals surface area contributed by atoms with Crippen LogP contribution < -0.4 is 28.9 Å². The highest BCUT2D eigenvalue weighted by atomic mass is 16.5. The summed E-state index contributed by atoms with van der Waals surface area (Å²) < 4.78 is 20.7. The topological polar surface area (TPSA) is 37.4 Å². The Morgan fingerprint density at radius 2 is 0.800 bits per heavy atom. The summed E-state index contributed by atoms with van der Waals surface area (Å²) in [6.07, 6.45) is 0. The van der Waals surface area contributed by atoms with Gasteiger partial charge < -0.3 is 28.9 Å². The minimum absolute atomic E-state index is 0.776. The van der Waals surface area contributed by atoms with Crippen molar-refractivity contribution >= 4 is 17.1 Å². The molecule has 4 aromatic rings. The maximum Gasteiger partial charge on any atom is 0.138 e. The molecule has 0 aromatic heterocycles. The van der Waals surface area contributed by atoms with Crippen LogP contribution in [0.3, 0.4) is 0 Å². The van der Waals surface area contributed by atoms with Crippen LogP contribution in [0.5, 0.6) is 34.5 Å². The molecule has 0 saturated heterocycles. The third kappa shape index (κ3) is 4.40. The van der Waals surface area contributed by atoms with Gasteiger partial charge in [0.05, 0.1) is 16.7 Å². The minimum atomic E-state index is -0.851. The maximum absolute atomic E-state index is 6.89. The average molecular weight is 600 g/mol.